The van der Waals surface area contributed by atoms with Gasteiger partial charge in [-0.15, -0.1) is 0 Å². The van der Waals surface area contributed by atoms with Crippen molar-refractivity contribution in [2.24, 2.45) is 0 Å². The molecule has 2 aliphatic rings. The van der Waals surface area contributed by atoms with Gasteiger partial charge in [-0.05, 0) is 18.9 Å². The van der Waals surface area contributed by atoms with Crippen LogP contribution in [0.5, 0.6) is 5.75 Å². The van der Waals surface area contributed by atoms with Crippen LogP contribution in [0.25, 0.3) is 0 Å². The lowest BCUT2D eigenvalue weighted by Crippen LogP contribution is -2.47. The molecule has 1 aromatic carbocycles. The summed E-state index contributed by atoms with van der Waals surface area (Å²) in [4.78, 5) is 14.6. The summed E-state index contributed by atoms with van der Waals surface area (Å²) in [6.45, 7) is 3.61. The molecular formula is C19H29N3O2. The van der Waals surface area contributed by atoms with Gasteiger partial charge in [-0.1, -0.05) is 31.0 Å². The van der Waals surface area contributed by atoms with Crippen molar-refractivity contribution in [3.05, 3.63) is 29.8 Å². The third-order valence-electron chi connectivity index (χ3n) is 5.20. The van der Waals surface area contributed by atoms with Gasteiger partial charge in [0.25, 0.3) is 0 Å². The second-order valence-corrected chi connectivity index (χ2v) is 6.80. The highest BCUT2D eigenvalue weighted by Gasteiger charge is 2.26. The molecular weight excluding hydrogens is 302 g/mol. The topological polar surface area (TPSA) is 53.6 Å². The lowest BCUT2D eigenvalue weighted by molar-refractivity contribution is -0.122. The number of hydrogen-bond donors (Lipinski definition) is 2. The van der Waals surface area contributed by atoms with Gasteiger partial charge in [-0.3, -0.25) is 9.69 Å². The van der Waals surface area contributed by atoms with Gasteiger partial charge in [0.2, 0.25) is 5.91 Å². The van der Waals surface area contributed by atoms with E-state index in [4.69, 9.17) is 4.74 Å². The molecule has 1 aliphatic carbocycles. The maximum atomic E-state index is 12.2. The summed E-state index contributed by atoms with van der Waals surface area (Å²) in [5, 5.41) is 6.65. The van der Waals surface area contributed by atoms with E-state index < -0.39 is 0 Å². The molecule has 1 saturated heterocycles. The maximum Gasteiger partial charge on any atom is 0.221 e. The zero-order valence-electron chi connectivity index (χ0n) is 14.6. The van der Waals surface area contributed by atoms with Crippen LogP contribution in [0.1, 0.15) is 43.7 Å². The standard InChI is InChI=1S/C19H29N3O2/c1-24-18-9-5-4-8-16(18)17-14-20-11-13-22(17)12-10-19(23)21-15-6-2-3-7-15/h4-5,8-9,15,17,20H,2-3,6-7,10-14H2,1H3,(H,21,23). The Labute approximate surface area is 144 Å². The molecule has 0 bridgehead atoms. The molecule has 0 radical (unpaired) electrons. The Hall–Kier alpha value is -1.59. The third-order valence-corrected chi connectivity index (χ3v) is 5.20. The lowest BCUT2D eigenvalue weighted by atomic mass is 10.0. The van der Waals surface area contributed by atoms with E-state index in [0.29, 0.717) is 12.5 Å². The molecule has 1 saturated carbocycles. The molecule has 1 aromatic rings. The molecule has 1 unspecified atom stereocenters. The Balaban J connectivity index is 1.59. The van der Waals surface area contributed by atoms with Crippen molar-refractivity contribution in [2.75, 3.05) is 33.3 Å². The summed E-state index contributed by atoms with van der Waals surface area (Å²) >= 11 is 0. The molecule has 132 valence electrons. The van der Waals surface area contributed by atoms with E-state index in [1.54, 1.807) is 7.11 Å². The van der Waals surface area contributed by atoms with E-state index in [2.05, 4.69) is 27.7 Å². The summed E-state index contributed by atoms with van der Waals surface area (Å²) in [7, 11) is 1.72. The summed E-state index contributed by atoms with van der Waals surface area (Å²) in [5.74, 6) is 1.12. The van der Waals surface area contributed by atoms with Gasteiger partial charge in [0.05, 0.1) is 13.2 Å². The van der Waals surface area contributed by atoms with Gasteiger partial charge >= 0.3 is 0 Å². The quantitative estimate of drug-likeness (QED) is 0.838. The van der Waals surface area contributed by atoms with Crippen molar-refractivity contribution >= 4 is 5.91 Å². The van der Waals surface area contributed by atoms with Crippen LogP contribution in [0.2, 0.25) is 0 Å². The average Bonchev–Trinajstić information content (AvgIpc) is 3.13. The smallest absolute Gasteiger partial charge is 0.221 e. The molecule has 1 atom stereocenters. The van der Waals surface area contributed by atoms with Crippen molar-refractivity contribution in [2.45, 2.75) is 44.2 Å². The molecule has 2 fully saturated rings. The Morgan fingerprint density at radius 3 is 2.92 bits per heavy atom. The summed E-state index contributed by atoms with van der Waals surface area (Å²) < 4.78 is 5.53. The predicted molar refractivity (Wildman–Crippen MR) is 95.2 cm³/mol. The first-order valence-electron chi connectivity index (χ1n) is 9.15. The highest BCUT2D eigenvalue weighted by atomic mass is 16.5. The van der Waals surface area contributed by atoms with E-state index in [0.717, 1.165) is 44.8 Å². The van der Waals surface area contributed by atoms with E-state index >= 15 is 0 Å². The number of methoxy groups -OCH3 is 1. The third kappa shape index (κ3) is 4.28. The zero-order chi connectivity index (χ0) is 16.8. The fourth-order valence-electron chi connectivity index (χ4n) is 3.88. The molecule has 3 rings (SSSR count). The molecule has 1 heterocycles. The summed E-state index contributed by atoms with van der Waals surface area (Å²) in [5.41, 5.74) is 1.20. The number of nitrogens with one attached hydrogen (secondary N) is 2. The Morgan fingerprint density at radius 1 is 1.33 bits per heavy atom. The number of rotatable bonds is 6. The highest BCUT2D eigenvalue weighted by molar-refractivity contribution is 5.76. The van der Waals surface area contributed by atoms with Crippen LogP contribution in [0.15, 0.2) is 24.3 Å². The Morgan fingerprint density at radius 2 is 2.12 bits per heavy atom. The minimum absolute atomic E-state index is 0.194. The van der Waals surface area contributed by atoms with Crippen molar-refractivity contribution in [3.8, 4) is 5.75 Å². The molecule has 24 heavy (non-hydrogen) atoms. The molecule has 2 N–H and O–H groups in total. The van der Waals surface area contributed by atoms with Crippen LogP contribution in [0.4, 0.5) is 0 Å². The SMILES string of the molecule is COc1ccccc1C1CNCCN1CCC(=O)NC1CCCC1. The number of carbonyl (C=O) groups is 1. The first kappa shape index (κ1) is 17.2. The van der Waals surface area contributed by atoms with E-state index in [9.17, 15) is 4.79 Å². The number of piperazine rings is 1. The van der Waals surface area contributed by atoms with Crippen molar-refractivity contribution in [1.29, 1.82) is 0 Å². The number of ether oxygens (including phenoxy) is 1. The van der Waals surface area contributed by atoms with Crippen LogP contribution in [-0.2, 0) is 4.79 Å². The molecule has 0 aromatic heterocycles. The number of nitrogens with zero attached hydrogens (tertiary/aromatic N) is 1. The van der Waals surface area contributed by atoms with Crippen LogP contribution < -0.4 is 15.4 Å². The Kier molecular flexibility index (Phi) is 6.10. The zero-order valence-corrected chi connectivity index (χ0v) is 14.6. The van der Waals surface area contributed by atoms with Crippen molar-refractivity contribution < 1.29 is 9.53 Å². The van der Waals surface area contributed by atoms with Crippen LogP contribution in [0.3, 0.4) is 0 Å². The highest BCUT2D eigenvalue weighted by Crippen LogP contribution is 2.30. The molecule has 1 aliphatic heterocycles. The fourth-order valence-corrected chi connectivity index (χ4v) is 3.88. The molecule has 5 nitrogen and oxygen atoms in total. The molecule has 1 amide bonds. The van der Waals surface area contributed by atoms with E-state index in [1.165, 1.54) is 18.4 Å². The van der Waals surface area contributed by atoms with E-state index in [-0.39, 0.29) is 11.9 Å². The first-order chi connectivity index (χ1) is 11.8. The Bertz CT molecular complexity index is 543. The lowest BCUT2D eigenvalue weighted by Gasteiger charge is -2.37. The van der Waals surface area contributed by atoms with Gasteiger partial charge in [-0.25, -0.2) is 0 Å². The minimum atomic E-state index is 0.194. The van der Waals surface area contributed by atoms with Gasteiger partial charge in [0.15, 0.2) is 0 Å². The van der Waals surface area contributed by atoms with Gasteiger partial charge in [0, 0.05) is 44.2 Å². The monoisotopic (exact) mass is 331 g/mol. The minimum Gasteiger partial charge on any atom is -0.496 e. The maximum absolute atomic E-state index is 12.2. The van der Waals surface area contributed by atoms with Crippen LogP contribution in [0, 0.1) is 0 Å². The molecule has 5 heteroatoms. The first-order valence-corrected chi connectivity index (χ1v) is 9.15. The largest absolute Gasteiger partial charge is 0.496 e. The summed E-state index contributed by atoms with van der Waals surface area (Å²) in [6.07, 6.45) is 5.35. The van der Waals surface area contributed by atoms with Gasteiger partial charge in [-0.2, -0.15) is 0 Å². The molecule has 0 spiro atoms. The predicted octanol–water partition coefficient (Wildman–Crippen LogP) is 2.09. The number of carbonyl (C=O) groups excluding carboxylic acids is 1. The van der Waals surface area contributed by atoms with Gasteiger partial charge in [0.1, 0.15) is 5.75 Å². The number of amides is 1. The van der Waals surface area contributed by atoms with Gasteiger partial charge < -0.3 is 15.4 Å². The van der Waals surface area contributed by atoms with Crippen molar-refractivity contribution in [3.63, 3.8) is 0 Å². The number of benzene rings is 1. The average molecular weight is 331 g/mol. The van der Waals surface area contributed by atoms with Crippen LogP contribution in [-0.4, -0.2) is 50.1 Å². The number of para-hydroxylation sites is 1. The van der Waals surface area contributed by atoms with Crippen LogP contribution >= 0.6 is 0 Å². The normalized spacial score (nSPS) is 22.5. The fraction of sp³-hybridized carbons (Fsp3) is 0.632. The van der Waals surface area contributed by atoms with Crippen molar-refractivity contribution in [1.82, 2.24) is 15.5 Å². The second-order valence-electron chi connectivity index (χ2n) is 6.80. The summed E-state index contributed by atoms with van der Waals surface area (Å²) in [6, 6.07) is 8.85. The number of hydrogen-bond acceptors (Lipinski definition) is 4. The van der Waals surface area contributed by atoms with E-state index in [1.807, 2.05) is 12.1 Å². The second kappa shape index (κ2) is 8.49.